The quantitative estimate of drug-likeness (QED) is 0.356. The van der Waals surface area contributed by atoms with E-state index in [0.29, 0.717) is 28.2 Å². The van der Waals surface area contributed by atoms with Crippen LogP contribution < -0.4 is 19.5 Å². The van der Waals surface area contributed by atoms with Gasteiger partial charge in [0.25, 0.3) is 5.91 Å². The van der Waals surface area contributed by atoms with Gasteiger partial charge in [-0.3, -0.25) is 4.79 Å². The molecule has 6 nitrogen and oxygen atoms in total. The number of fused-ring (bicyclic) bond motifs is 2. The van der Waals surface area contributed by atoms with E-state index in [2.05, 4.69) is 11.9 Å². The molecule has 0 unspecified atom stereocenters. The lowest BCUT2D eigenvalue weighted by molar-refractivity contribution is 0.0942. The number of halogens is 2. The summed E-state index contributed by atoms with van der Waals surface area (Å²) in [6, 6.07) is 16.1. The van der Waals surface area contributed by atoms with Crippen LogP contribution in [-0.2, 0) is 13.1 Å². The fraction of sp³-hybridized carbons (Fsp3) is 0.148. The zero-order valence-corrected chi connectivity index (χ0v) is 18.7. The molecule has 0 saturated heterocycles. The predicted octanol–water partition coefficient (Wildman–Crippen LogP) is 5.19. The molecule has 1 aliphatic rings. The number of ether oxygens (including phenoxy) is 3. The topological polar surface area (TPSA) is 61.7 Å². The van der Waals surface area contributed by atoms with Gasteiger partial charge in [-0.1, -0.05) is 30.9 Å². The number of nitrogens with zero attached hydrogens (tertiary/aromatic N) is 1. The SMILES string of the molecule is C=CCOc1cccc2c1cc(C(=O)NCc1ccc3c(c1)OCO3)n2Cc1c(F)cccc1F. The molecule has 8 heteroatoms. The Labute approximate surface area is 200 Å². The van der Waals surface area contributed by atoms with Crippen molar-refractivity contribution in [3.63, 3.8) is 0 Å². The largest absolute Gasteiger partial charge is 0.489 e. The minimum absolute atomic E-state index is 0.132. The first-order valence-corrected chi connectivity index (χ1v) is 11.0. The number of amides is 1. The Morgan fingerprint density at radius 2 is 1.83 bits per heavy atom. The number of hydrogen-bond donors (Lipinski definition) is 1. The van der Waals surface area contributed by atoms with Crippen molar-refractivity contribution in [1.29, 1.82) is 0 Å². The standard InChI is InChI=1S/C27H22F2N2O4/c1-2-11-33-24-8-4-7-22-18(24)13-23(31(22)15-19-20(28)5-3-6-21(19)29)27(32)30-14-17-9-10-25-26(12-17)35-16-34-25/h2-10,12-13H,1,11,14-16H2,(H,30,32). The summed E-state index contributed by atoms with van der Waals surface area (Å²) < 4.78 is 47.0. The number of rotatable bonds is 8. The smallest absolute Gasteiger partial charge is 0.268 e. The number of nitrogens with one attached hydrogen (secondary N) is 1. The number of aromatic nitrogens is 1. The summed E-state index contributed by atoms with van der Waals surface area (Å²) in [5.74, 6) is 0.0459. The van der Waals surface area contributed by atoms with Crippen LogP contribution >= 0.6 is 0 Å². The van der Waals surface area contributed by atoms with Gasteiger partial charge in [0, 0.05) is 17.5 Å². The fourth-order valence-electron chi connectivity index (χ4n) is 4.06. The zero-order valence-electron chi connectivity index (χ0n) is 18.7. The van der Waals surface area contributed by atoms with Gasteiger partial charge in [-0.25, -0.2) is 8.78 Å². The van der Waals surface area contributed by atoms with E-state index in [9.17, 15) is 13.6 Å². The van der Waals surface area contributed by atoms with Gasteiger partial charge in [-0.2, -0.15) is 0 Å². The molecule has 4 aromatic rings. The molecular weight excluding hydrogens is 454 g/mol. The fourth-order valence-corrected chi connectivity index (χ4v) is 4.06. The Balaban J connectivity index is 1.50. The number of benzene rings is 3. The first-order valence-electron chi connectivity index (χ1n) is 11.0. The molecule has 0 aliphatic carbocycles. The van der Waals surface area contributed by atoms with Crippen LogP contribution in [0.4, 0.5) is 8.78 Å². The average molecular weight is 476 g/mol. The minimum atomic E-state index is -0.683. The van der Waals surface area contributed by atoms with Gasteiger partial charge in [0.2, 0.25) is 6.79 Å². The maximum absolute atomic E-state index is 14.5. The maximum atomic E-state index is 14.5. The van der Waals surface area contributed by atoms with Crippen molar-refractivity contribution in [3.05, 3.63) is 102 Å². The Kier molecular flexibility index (Phi) is 6.10. The van der Waals surface area contributed by atoms with E-state index in [1.807, 2.05) is 6.07 Å². The molecule has 0 atom stereocenters. The Morgan fingerprint density at radius 1 is 1.06 bits per heavy atom. The average Bonchev–Trinajstić information content (AvgIpc) is 3.48. The second-order valence-electron chi connectivity index (χ2n) is 7.97. The number of hydrogen-bond acceptors (Lipinski definition) is 4. The maximum Gasteiger partial charge on any atom is 0.268 e. The molecule has 0 radical (unpaired) electrons. The lowest BCUT2D eigenvalue weighted by atomic mass is 10.2. The molecule has 0 bridgehead atoms. The first kappa shape index (κ1) is 22.5. The highest BCUT2D eigenvalue weighted by Gasteiger charge is 2.21. The molecule has 0 fully saturated rings. The van der Waals surface area contributed by atoms with Crippen LogP contribution in [0.25, 0.3) is 10.9 Å². The highest BCUT2D eigenvalue weighted by Crippen LogP contribution is 2.33. The van der Waals surface area contributed by atoms with Crippen molar-refractivity contribution in [1.82, 2.24) is 9.88 Å². The summed E-state index contributed by atoms with van der Waals surface area (Å²) in [5, 5.41) is 3.54. The number of carbonyl (C=O) groups is 1. The van der Waals surface area contributed by atoms with Gasteiger partial charge >= 0.3 is 0 Å². The van der Waals surface area contributed by atoms with Gasteiger partial charge in [-0.05, 0) is 48.0 Å². The van der Waals surface area contributed by atoms with E-state index in [0.717, 1.165) is 5.56 Å². The molecule has 0 spiro atoms. The molecule has 1 aromatic heterocycles. The van der Waals surface area contributed by atoms with Crippen LogP contribution in [0.2, 0.25) is 0 Å². The van der Waals surface area contributed by atoms with E-state index < -0.39 is 17.5 Å². The Hall–Kier alpha value is -4.33. The van der Waals surface area contributed by atoms with Crippen molar-refractivity contribution in [2.24, 2.45) is 0 Å². The van der Waals surface area contributed by atoms with E-state index >= 15 is 0 Å². The van der Waals surface area contributed by atoms with Gasteiger partial charge in [-0.15, -0.1) is 0 Å². The molecule has 5 rings (SSSR count). The summed E-state index contributed by atoms with van der Waals surface area (Å²) in [6.07, 6.45) is 1.61. The minimum Gasteiger partial charge on any atom is -0.489 e. The van der Waals surface area contributed by atoms with Crippen LogP contribution in [0, 0.1) is 11.6 Å². The third kappa shape index (κ3) is 4.42. The molecule has 1 amide bonds. The van der Waals surface area contributed by atoms with Gasteiger partial charge in [0.05, 0.1) is 12.1 Å². The normalized spacial score (nSPS) is 12.1. The Bertz CT molecular complexity index is 1410. The molecule has 178 valence electrons. The van der Waals surface area contributed by atoms with E-state index in [1.165, 1.54) is 18.2 Å². The summed E-state index contributed by atoms with van der Waals surface area (Å²) in [5.41, 5.74) is 1.55. The molecule has 0 saturated carbocycles. The van der Waals surface area contributed by atoms with E-state index in [4.69, 9.17) is 14.2 Å². The van der Waals surface area contributed by atoms with Crippen LogP contribution in [0.1, 0.15) is 21.6 Å². The summed E-state index contributed by atoms with van der Waals surface area (Å²) in [4.78, 5) is 13.3. The molecular formula is C27H22F2N2O4. The van der Waals surface area contributed by atoms with Crippen molar-refractivity contribution < 1.29 is 27.8 Å². The molecule has 3 aromatic carbocycles. The first-order chi connectivity index (χ1) is 17.0. The van der Waals surface area contributed by atoms with E-state index in [-0.39, 0.29) is 37.7 Å². The third-order valence-electron chi connectivity index (χ3n) is 5.76. The van der Waals surface area contributed by atoms with Gasteiger partial charge in [0.1, 0.15) is 29.7 Å². The zero-order chi connectivity index (χ0) is 24.4. The lowest BCUT2D eigenvalue weighted by Crippen LogP contribution is -2.26. The highest BCUT2D eigenvalue weighted by molar-refractivity contribution is 6.00. The van der Waals surface area contributed by atoms with Crippen molar-refractivity contribution in [3.8, 4) is 17.2 Å². The molecule has 2 heterocycles. The highest BCUT2D eigenvalue weighted by atomic mass is 19.1. The van der Waals surface area contributed by atoms with Gasteiger partial charge < -0.3 is 24.1 Å². The summed E-state index contributed by atoms with van der Waals surface area (Å²) in [6.45, 7) is 4.16. The van der Waals surface area contributed by atoms with Crippen LogP contribution in [0.5, 0.6) is 17.2 Å². The van der Waals surface area contributed by atoms with Crippen molar-refractivity contribution in [2.75, 3.05) is 13.4 Å². The number of carbonyl (C=O) groups excluding carboxylic acids is 1. The second-order valence-corrected chi connectivity index (χ2v) is 7.97. The lowest BCUT2D eigenvalue weighted by Gasteiger charge is -2.13. The van der Waals surface area contributed by atoms with E-state index in [1.54, 1.807) is 47.0 Å². The summed E-state index contributed by atoms with van der Waals surface area (Å²) in [7, 11) is 0. The van der Waals surface area contributed by atoms with Crippen molar-refractivity contribution >= 4 is 16.8 Å². The monoisotopic (exact) mass is 476 g/mol. The second kappa shape index (κ2) is 9.50. The van der Waals surface area contributed by atoms with Crippen molar-refractivity contribution in [2.45, 2.75) is 13.1 Å². The third-order valence-corrected chi connectivity index (χ3v) is 5.76. The molecule has 35 heavy (non-hydrogen) atoms. The molecule has 1 aliphatic heterocycles. The van der Waals surface area contributed by atoms with Crippen LogP contribution in [-0.4, -0.2) is 23.9 Å². The Morgan fingerprint density at radius 3 is 2.63 bits per heavy atom. The molecule has 1 N–H and O–H groups in total. The summed E-state index contributed by atoms with van der Waals surface area (Å²) >= 11 is 0. The van der Waals surface area contributed by atoms with Crippen LogP contribution in [0.15, 0.2) is 73.3 Å². The van der Waals surface area contributed by atoms with Crippen LogP contribution in [0.3, 0.4) is 0 Å². The van der Waals surface area contributed by atoms with Gasteiger partial charge in [0.15, 0.2) is 11.5 Å². The predicted molar refractivity (Wildman–Crippen MR) is 127 cm³/mol.